The maximum atomic E-state index is 13.5. The van der Waals surface area contributed by atoms with Crippen LogP contribution in [-0.2, 0) is 0 Å². The van der Waals surface area contributed by atoms with Gasteiger partial charge in [0.1, 0.15) is 11.6 Å². The van der Waals surface area contributed by atoms with Gasteiger partial charge < -0.3 is 10.6 Å². The highest BCUT2D eigenvalue weighted by atomic mass is 19.1. The number of hydrogen-bond donors (Lipinski definition) is 2. The normalized spacial score (nSPS) is 13.7. The topological polar surface area (TPSA) is 24.1 Å². The van der Waals surface area contributed by atoms with Crippen LogP contribution in [0.15, 0.2) is 18.2 Å². The first-order chi connectivity index (χ1) is 8.29. The molecule has 0 spiro atoms. The van der Waals surface area contributed by atoms with E-state index < -0.39 is 11.6 Å². The summed E-state index contributed by atoms with van der Waals surface area (Å²) in [5, 5.41) is 6.54. The van der Waals surface area contributed by atoms with Gasteiger partial charge in [0.15, 0.2) is 0 Å². The van der Waals surface area contributed by atoms with Crippen LogP contribution in [0.1, 0.15) is 39.3 Å². The smallest absolute Gasteiger partial charge is 0.130 e. The molecule has 2 N–H and O–H groups in total. The molecular formula is C14H22F2N2. The van der Waals surface area contributed by atoms with Gasteiger partial charge in [0.05, 0.1) is 0 Å². The molecule has 1 aromatic carbocycles. The number of hydrogen-bond acceptors (Lipinski definition) is 2. The Balaban J connectivity index is 2.43. The third-order valence-electron chi connectivity index (χ3n) is 2.66. The molecule has 0 saturated carbocycles. The fourth-order valence-electron chi connectivity index (χ4n) is 1.69. The molecule has 1 unspecified atom stereocenters. The minimum absolute atomic E-state index is 0.0754. The second kappa shape index (κ2) is 6.25. The molecule has 2 nitrogen and oxygen atoms in total. The Hall–Kier alpha value is -1.00. The van der Waals surface area contributed by atoms with Crippen molar-refractivity contribution in [2.45, 2.75) is 39.3 Å². The molecule has 0 saturated heterocycles. The molecule has 0 aliphatic heterocycles. The average molecular weight is 256 g/mol. The average Bonchev–Trinajstić information content (AvgIpc) is 2.22. The number of nitrogens with one attached hydrogen (secondary N) is 2. The van der Waals surface area contributed by atoms with Crippen molar-refractivity contribution in [1.29, 1.82) is 0 Å². The van der Waals surface area contributed by atoms with Gasteiger partial charge in [0.2, 0.25) is 0 Å². The van der Waals surface area contributed by atoms with E-state index in [0.717, 1.165) is 19.2 Å². The van der Waals surface area contributed by atoms with Crippen LogP contribution in [0.3, 0.4) is 0 Å². The third-order valence-corrected chi connectivity index (χ3v) is 2.66. The van der Waals surface area contributed by atoms with Gasteiger partial charge in [-0.25, -0.2) is 8.78 Å². The zero-order valence-electron chi connectivity index (χ0n) is 11.5. The Morgan fingerprint density at radius 2 is 1.83 bits per heavy atom. The summed E-state index contributed by atoms with van der Waals surface area (Å²) in [6, 6.07) is 3.55. The second-order valence-corrected chi connectivity index (χ2v) is 5.52. The first-order valence-electron chi connectivity index (χ1n) is 6.23. The SMILES string of the molecule is CC(NCCNC(C)(C)C)c1ccc(F)cc1F. The Kier molecular flexibility index (Phi) is 5.23. The summed E-state index contributed by atoms with van der Waals surface area (Å²) in [5.74, 6) is -1.04. The summed E-state index contributed by atoms with van der Waals surface area (Å²) in [5.41, 5.74) is 0.568. The lowest BCUT2D eigenvalue weighted by Crippen LogP contribution is -2.40. The molecule has 1 atom stereocenters. The van der Waals surface area contributed by atoms with E-state index in [1.165, 1.54) is 12.1 Å². The lowest BCUT2D eigenvalue weighted by Gasteiger charge is -2.22. The number of benzene rings is 1. The Morgan fingerprint density at radius 1 is 1.17 bits per heavy atom. The molecule has 1 aromatic rings. The van der Waals surface area contributed by atoms with Crippen LogP contribution in [-0.4, -0.2) is 18.6 Å². The van der Waals surface area contributed by atoms with Gasteiger partial charge in [-0.2, -0.15) is 0 Å². The van der Waals surface area contributed by atoms with Gasteiger partial charge in [0.25, 0.3) is 0 Å². The molecule has 0 amide bonds. The Labute approximate surface area is 108 Å². The molecule has 4 heteroatoms. The van der Waals surface area contributed by atoms with Crippen LogP contribution < -0.4 is 10.6 Å². The molecule has 0 aromatic heterocycles. The predicted octanol–water partition coefficient (Wildman–Crippen LogP) is 3.00. The number of rotatable bonds is 5. The van der Waals surface area contributed by atoms with Crippen LogP contribution in [0.2, 0.25) is 0 Å². The van der Waals surface area contributed by atoms with E-state index in [1.807, 2.05) is 6.92 Å². The molecule has 1 rings (SSSR count). The highest BCUT2D eigenvalue weighted by molar-refractivity contribution is 5.21. The quantitative estimate of drug-likeness (QED) is 0.791. The van der Waals surface area contributed by atoms with Crippen molar-refractivity contribution in [2.75, 3.05) is 13.1 Å². The fraction of sp³-hybridized carbons (Fsp3) is 0.571. The molecule has 102 valence electrons. The minimum Gasteiger partial charge on any atom is -0.311 e. The molecule has 0 bridgehead atoms. The van der Waals surface area contributed by atoms with Crippen LogP contribution >= 0.6 is 0 Å². The summed E-state index contributed by atoms with van der Waals surface area (Å²) >= 11 is 0. The van der Waals surface area contributed by atoms with Crippen molar-refractivity contribution in [1.82, 2.24) is 10.6 Å². The summed E-state index contributed by atoms with van der Waals surface area (Å²) in [6.07, 6.45) is 0. The maximum Gasteiger partial charge on any atom is 0.130 e. The van der Waals surface area contributed by atoms with E-state index in [1.54, 1.807) is 0 Å². The van der Waals surface area contributed by atoms with Gasteiger partial charge in [0, 0.05) is 36.3 Å². The van der Waals surface area contributed by atoms with Crippen LogP contribution in [0.5, 0.6) is 0 Å². The monoisotopic (exact) mass is 256 g/mol. The summed E-state index contributed by atoms with van der Waals surface area (Å²) in [4.78, 5) is 0. The molecule has 0 heterocycles. The van der Waals surface area contributed by atoms with E-state index >= 15 is 0 Å². The predicted molar refractivity (Wildman–Crippen MR) is 70.5 cm³/mol. The van der Waals surface area contributed by atoms with Crippen molar-refractivity contribution >= 4 is 0 Å². The van der Waals surface area contributed by atoms with Gasteiger partial charge >= 0.3 is 0 Å². The summed E-state index contributed by atoms with van der Waals surface area (Å²) < 4.78 is 26.3. The van der Waals surface area contributed by atoms with E-state index in [2.05, 4.69) is 31.4 Å². The lowest BCUT2D eigenvalue weighted by atomic mass is 10.1. The molecule has 0 radical (unpaired) electrons. The lowest BCUT2D eigenvalue weighted by molar-refractivity contribution is 0.412. The molecule has 0 aliphatic rings. The highest BCUT2D eigenvalue weighted by Crippen LogP contribution is 2.17. The van der Waals surface area contributed by atoms with Crippen molar-refractivity contribution in [3.8, 4) is 0 Å². The standard InChI is InChI=1S/C14H22F2N2/c1-10(17-7-8-18-14(2,3)4)12-6-5-11(15)9-13(12)16/h5-6,9-10,17-18H,7-8H2,1-4H3. The third kappa shape index (κ3) is 5.10. The van der Waals surface area contributed by atoms with Crippen LogP contribution in [0.4, 0.5) is 8.78 Å². The van der Waals surface area contributed by atoms with Crippen molar-refractivity contribution in [3.05, 3.63) is 35.4 Å². The van der Waals surface area contributed by atoms with E-state index in [9.17, 15) is 8.78 Å². The highest BCUT2D eigenvalue weighted by Gasteiger charge is 2.12. The zero-order chi connectivity index (χ0) is 13.8. The van der Waals surface area contributed by atoms with Crippen molar-refractivity contribution in [3.63, 3.8) is 0 Å². The van der Waals surface area contributed by atoms with Crippen LogP contribution in [0.25, 0.3) is 0 Å². The van der Waals surface area contributed by atoms with Gasteiger partial charge in [-0.3, -0.25) is 0 Å². The van der Waals surface area contributed by atoms with E-state index in [-0.39, 0.29) is 11.6 Å². The van der Waals surface area contributed by atoms with Crippen molar-refractivity contribution < 1.29 is 8.78 Å². The zero-order valence-corrected chi connectivity index (χ0v) is 11.5. The van der Waals surface area contributed by atoms with Crippen molar-refractivity contribution in [2.24, 2.45) is 0 Å². The fourth-order valence-corrected chi connectivity index (χ4v) is 1.69. The first kappa shape index (κ1) is 15.1. The van der Waals surface area contributed by atoms with Gasteiger partial charge in [-0.05, 0) is 33.8 Å². The molecular weight excluding hydrogens is 234 g/mol. The van der Waals surface area contributed by atoms with E-state index in [4.69, 9.17) is 0 Å². The first-order valence-corrected chi connectivity index (χ1v) is 6.23. The minimum atomic E-state index is -0.544. The van der Waals surface area contributed by atoms with Crippen LogP contribution in [0, 0.1) is 11.6 Å². The Bertz CT molecular complexity index is 386. The molecule has 18 heavy (non-hydrogen) atoms. The number of halogens is 2. The largest absolute Gasteiger partial charge is 0.311 e. The summed E-state index contributed by atoms with van der Waals surface area (Å²) in [7, 11) is 0. The molecule has 0 aliphatic carbocycles. The van der Waals surface area contributed by atoms with E-state index in [0.29, 0.717) is 5.56 Å². The summed E-state index contributed by atoms with van der Waals surface area (Å²) in [6.45, 7) is 9.68. The second-order valence-electron chi connectivity index (χ2n) is 5.52. The van der Waals surface area contributed by atoms with Gasteiger partial charge in [-0.1, -0.05) is 6.07 Å². The Morgan fingerprint density at radius 3 is 2.39 bits per heavy atom. The maximum absolute atomic E-state index is 13.5. The molecule has 0 fully saturated rings. The van der Waals surface area contributed by atoms with Gasteiger partial charge in [-0.15, -0.1) is 0 Å².